The van der Waals surface area contributed by atoms with E-state index in [9.17, 15) is 33.0 Å². The van der Waals surface area contributed by atoms with Gasteiger partial charge in [0.25, 0.3) is 11.8 Å². The van der Waals surface area contributed by atoms with Gasteiger partial charge in [0, 0.05) is 19.5 Å². The summed E-state index contributed by atoms with van der Waals surface area (Å²) in [6.07, 6.45) is -4.26. The van der Waals surface area contributed by atoms with E-state index in [-0.39, 0.29) is 36.2 Å². The minimum atomic E-state index is -5.06. The first kappa shape index (κ1) is 37.1. The lowest BCUT2D eigenvalue weighted by atomic mass is 9.95. The third-order valence-electron chi connectivity index (χ3n) is 7.83. The van der Waals surface area contributed by atoms with Crippen LogP contribution >= 0.6 is 0 Å². The van der Waals surface area contributed by atoms with Crippen LogP contribution < -0.4 is 5.73 Å². The van der Waals surface area contributed by atoms with Crippen LogP contribution in [0.4, 0.5) is 0 Å². The highest BCUT2D eigenvalue weighted by atomic mass is 32.2. The smallest absolute Gasteiger partial charge is 0.383 e. The van der Waals surface area contributed by atoms with Crippen LogP contribution in [0.2, 0.25) is 0 Å². The van der Waals surface area contributed by atoms with E-state index in [2.05, 4.69) is 0 Å². The van der Waals surface area contributed by atoms with Crippen molar-refractivity contribution in [1.29, 1.82) is 0 Å². The number of aliphatic hydroxyl groups excluding tert-OH is 2. The Kier molecular flexibility index (Phi) is 13.2. The van der Waals surface area contributed by atoms with Crippen LogP contribution in [0.3, 0.4) is 0 Å². The van der Waals surface area contributed by atoms with Crippen molar-refractivity contribution in [3.63, 3.8) is 0 Å². The van der Waals surface area contributed by atoms with Gasteiger partial charge < -0.3 is 25.4 Å². The molecule has 0 aliphatic carbocycles. The van der Waals surface area contributed by atoms with E-state index in [1.165, 1.54) is 6.08 Å². The molecule has 1 aliphatic heterocycles. The van der Waals surface area contributed by atoms with Gasteiger partial charge in [-0.25, -0.2) is 14.0 Å². The summed E-state index contributed by atoms with van der Waals surface area (Å²) in [5.41, 5.74) is 7.48. The maximum Gasteiger partial charge on any atom is 0.383 e. The van der Waals surface area contributed by atoms with Crippen LogP contribution in [0, 0.1) is 5.92 Å². The highest BCUT2D eigenvalue weighted by Crippen LogP contribution is 2.26. The zero-order valence-corrected chi connectivity index (χ0v) is 27.7. The van der Waals surface area contributed by atoms with Crippen molar-refractivity contribution in [3.8, 4) is 0 Å². The number of hydrogen-bond donors (Lipinski definition) is 3. The van der Waals surface area contributed by atoms with Crippen molar-refractivity contribution < 1.29 is 46.7 Å². The largest absolute Gasteiger partial charge is 0.463 e. The summed E-state index contributed by atoms with van der Waals surface area (Å²) in [4.78, 5) is 38.6. The van der Waals surface area contributed by atoms with Crippen LogP contribution in [-0.2, 0) is 44.8 Å². The van der Waals surface area contributed by atoms with Gasteiger partial charge in [-0.15, -0.1) is 4.41 Å². The molecule has 3 rings (SSSR count). The summed E-state index contributed by atoms with van der Waals surface area (Å²) < 4.78 is 43.2. The highest BCUT2D eigenvalue weighted by molar-refractivity contribution is 7.84. The Morgan fingerprint density at radius 2 is 1.78 bits per heavy atom. The maximum atomic E-state index is 13.6. The number of benzene rings is 2. The lowest BCUT2D eigenvalue weighted by molar-refractivity contribution is -0.181. The Morgan fingerprint density at radius 3 is 2.43 bits per heavy atom. The van der Waals surface area contributed by atoms with Crippen molar-refractivity contribution in [3.05, 3.63) is 59.7 Å². The highest BCUT2D eigenvalue weighted by Gasteiger charge is 2.45. The Bertz CT molecular complexity index is 1510. The zero-order valence-electron chi connectivity index (χ0n) is 26.9. The van der Waals surface area contributed by atoms with E-state index < -0.39 is 65.2 Å². The van der Waals surface area contributed by atoms with Gasteiger partial charge in [0.1, 0.15) is 18.3 Å². The molecule has 0 bridgehead atoms. The zero-order chi connectivity index (χ0) is 34.2. The van der Waals surface area contributed by atoms with Crippen LogP contribution in [0.15, 0.2) is 54.1 Å². The summed E-state index contributed by atoms with van der Waals surface area (Å²) in [7, 11) is -3.96. The molecule has 46 heavy (non-hydrogen) atoms. The Balaban J connectivity index is 1.78. The quantitative estimate of drug-likeness (QED) is 0.162. The molecule has 0 spiro atoms. The number of hydrazine groups is 1. The first-order valence-corrected chi connectivity index (χ1v) is 16.6. The molecule has 13 nitrogen and oxygen atoms in total. The number of hydrogen-bond acceptors (Lipinski definition) is 11. The van der Waals surface area contributed by atoms with E-state index in [0.29, 0.717) is 17.0 Å². The number of likely N-dealkylation sites (N-methyl/N-ethyl adjacent to an activating group) is 1. The molecule has 0 saturated carbocycles. The van der Waals surface area contributed by atoms with Gasteiger partial charge in [-0.2, -0.15) is 8.42 Å². The Hall–Kier alpha value is -3.40. The van der Waals surface area contributed by atoms with Crippen molar-refractivity contribution in [2.75, 3.05) is 20.3 Å². The fraction of sp³-hybridized carbons (Fsp3) is 0.531. The monoisotopic (exact) mass is 663 g/mol. The van der Waals surface area contributed by atoms with Gasteiger partial charge in [-0.1, -0.05) is 68.3 Å². The molecule has 1 saturated heterocycles. The summed E-state index contributed by atoms with van der Waals surface area (Å²) in [6, 6.07) is 12.0. The summed E-state index contributed by atoms with van der Waals surface area (Å²) >= 11 is 0. The van der Waals surface area contributed by atoms with Crippen LogP contribution in [-0.4, -0.2) is 96.6 Å². The molecule has 2 amide bonds. The van der Waals surface area contributed by atoms with Crippen LogP contribution in [0.1, 0.15) is 52.5 Å². The number of esters is 1. The van der Waals surface area contributed by atoms with Crippen molar-refractivity contribution in [2.24, 2.45) is 11.7 Å². The molecular formula is C32H45N3O10S. The molecule has 2 aromatic carbocycles. The predicted octanol–water partition coefficient (Wildman–Crippen LogP) is 2.00. The first-order chi connectivity index (χ1) is 21.7. The van der Waals surface area contributed by atoms with Crippen LogP contribution in [0.25, 0.3) is 10.8 Å². The summed E-state index contributed by atoms with van der Waals surface area (Å²) in [5.74, 6) is -2.59. The van der Waals surface area contributed by atoms with E-state index in [1.54, 1.807) is 20.8 Å². The maximum absolute atomic E-state index is 13.6. The molecule has 1 heterocycles. The van der Waals surface area contributed by atoms with Gasteiger partial charge in [0.15, 0.2) is 0 Å². The molecule has 1 aliphatic rings. The fourth-order valence-corrected chi connectivity index (χ4v) is 6.34. The number of carbonyl (C=O) groups is 3. The molecule has 0 radical (unpaired) electrons. The topological polar surface area (TPSA) is 186 Å². The van der Waals surface area contributed by atoms with E-state index >= 15 is 0 Å². The third kappa shape index (κ3) is 9.56. The Morgan fingerprint density at radius 1 is 1.11 bits per heavy atom. The standard InChI is InChI=1S/C32H45N3O10S/c1-6-20(3)15-28(36)35(34(5)32(40)25(33)18-22-12-13-23-10-8-9-11-24(23)17-22)46(41,42)45-27-19-44-26(30(38)31(27)39)14-21(4)16-29(37)43-7-2/h8-13,16-17,20,25-27,30-31,38-39H,6-7,14-15,18-19,33H2,1-5H3/b21-16+/t20-,25-,26-,27+,30-,31-/m0/s1. The lowest BCUT2D eigenvalue weighted by Gasteiger charge is -2.39. The normalized spacial score (nSPS) is 21.8. The minimum Gasteiger partial charge on any atom is -0.463 e. The van der Waals surface area contributed by atoms with E-state index in [1.807, 2.05) is 49.4 Å². The van der Waals surface area contributed by atoms with Crippen molar-refractivity contribution >= 4 is 38.9 Å². The average Bonchev–Trinajstić information content (AvgIpc) is 3.00. The number of nitrogens with zero attached hydrogens (tertiary/aromatic N) is 2. The second-order valence-electron chi connectivity index (χ2n) is 11.6. The van der Waals surface area contributed by atoms with Gasteiger partial charge in [-0.05, 0) is 48.9 Å². The number of amides is 2. The molecule has 1 fully saturated rings. The Labute approximate surface area is 270 Å². The predicted molar refractivity (Wildman–Crippen MR) is 170 cm³/mol. The molecular weight excluding hydrogens is 618 g/mol. The van der Waals surface area contributed by atoms with E-state index in [4.69, 9.17) is 19.4 Å². The molecule has 4 N–H and O–H groups in total. The first-order valence-electron chi connectivity index (χ1n) is 15.3. The molecule has 0 aromatic heterocycles. The number of fused-ring (bicyclic) bond motifs is 1. The van der Waals surface area contributed by atoms with Gasteiger partial charge in [0.05, 0.1) is 25.4 Å². The second-order valence-corrected chi connectivity index (χ2v) is 13.0. The summed E-state index contributed by atoms with van der Waals surface area (Å²) in [5, 5.41) is 24.1. The third-order valence-corrected chi connectivity index (χ3v) is 9.19. The van der Waals surface area contributed by atoms with Crippen LogP contribution in [0.5, 0.6) is 0 Å². The average molecular weight is 664 g/mol. The molecule has 2 aromatic rings. The number of carbonyl (C=O) groups excluding carboxylic acids is 3. The van der Waals surface area contributed by atoms with Gasteiger partial charge in [-0.3, -0.25) is 9.59 Å². The lowest BCUT2D eigenvalue weighted by Crippen LogP contribution is -2.59. The molecule has 254 valence electrons. The van der Waals surface area contributed by atoms with E-state index in [0.717, 1.165) is 23.4 Å². The minimum absolute atomic E-state index is 0.0440. The van der Waals surface area contributed by atoms with Gasteiger partial charge in [0.2, 0.25) is 0 Å². The SMILES string of the molecule is CCOC(=O)/C=C(\C)C[C@@H]1OC[C@@H](OS(=O)(=O)N(C(=O)C[C@@H](C)CC)N(C)C(=O)[C@@H](N)Cc2ccc3ccccc3c2)[C@H](O)[C@H]1O. The molecule has 0 unspecified atom stereocenters. The number of nitrogens with two attached hydrogens (primary N) is 1. The number of rotatable bonds is 13. The molecule has 14 heteroatoms. The second kappa shape index (κ2) is 16.4. The summed E-state index contributed by atoms with van der Waals surface area (Å²) in [6.45, 7) is 6.58. The number of ether oxygens (including phenoxy) is 2. The number of aliphatic hydroxyl groups is 2. The van der Waals surface area contributed by atoms with Gasteiger partial charge >= 0.3 is 16.3 Å². The fourth-order valence-electron chi connectivity index (χ4n) is 5.08. The molecule has 6 atom stereocenters. The van der Waals surface area contributed by atoms with Crippen molar-refractivity contribution in [2.45, 2.75) is 83.8 Å². The van der Waals surface area contributed by atoms with Crippen molar-refractivity contribution in [1.82, 2.24) is 9.42 Å².